The Labute approximate surface area is 183 Å². The lowest BCUT2D eigenvalue weighted by Crippen LogP contribution is -2.69. The number of hydrogen-bond acceptors (Lipinski definition) is 12. The van der Waals surface area contributed by atoms with Gasteiger partial charge < -0.3 is 59.9 Å². The summed E-state index contributed by atoms with van der Waals surface area (Å²) < 4.78 is 22.0. The Balaban J connectivity index is 2.29. The number of aldehydes is 1. The summed E-state index contributed by atoms with van der Waals surface area (Å²) in [7, 11) is 0. The van der Waals surface area contributed by atoms with Crippen LogP contribution < -0.4 is 10.6 Å². The number of ether oxygens (including phenoxy) is 4. The van der Waals surface area contributed by atoms with E-state index in [1.165, 1.54) is 6.92 Å². The average molecular weight is 466 g/mol. The molecule has 14 heteroatoms. The van der Waals surface area contributed by atoms with E-state index in [1.54, 1.807) is 0 Å². The zero-order chi connectivity index (χ0) is 24.0. The Kier molecular flexibility index (Phi) is 9.87. The maximum absolute atomic E-state index is 11.6. The Bertz CT molecular complexity index is 651. The standard InChI is InChI=1S/C18H30N2O12/c1-7(24)19-11-14(27)13(26)9(5-22)30-18(11)32-16-10(6-23)31-17(29-4-3-21)12(15(16)28)20-8(2)25/h3,9-18,22-23,26-28H,4-6H2,1-2H3,(H,19,24)(H,20,25). The minimum atomic E-state index is -1.60. The van der Waals surface area contributed by atoms with E-state index in [-0.39, 0.29) is 0 Å². The van der Waals surface area contributed by atoms with Crippen LogP contribution in [0.25, 0.3) is 0 Å². The number of nitrogens with one attached hydrogen (secondary N) is 2. The van der Waals surface area contributed by atoms with E-state index in [2.05, 4.69) is 10.6 Å². The van der Waals surface area contributed by atoms with Crippen LogP contribution in [0.2, 0.25) is 0 Å². The van der Waals surface area contributed by atoms with Crippen LogP contribution in [0.15, 0.2) is 0 Å². The van der Waals surface area contributed by atoms with Gasteiger partial charge in [-0.25, -0.2) is 0 Å². The maximum Gasteiger partial charge on any atom is 0.217 e. The van der Waals surface area contributed by atoms with Crippen molar-refractivity contribution in [3.8, 4) is 0 Å². The van der Waals surface area contributed by atoms with Gasteiger partial charge in [-0.2, -0.15) is 0 Å². The number of aliphatic hydroxyl groups is 5. The zero-order valence-electron chi connectivity index (χ0n) is 17.6. The Morgan fingerprint density at radius 2 is 1.41 bits per heavy atom. The first kappa shape index (κ1) is 26.5. The van der Waals surface area contributed by atoms with Gasteiger partial charge in [-0.15, -0.1) is 0 Å². The van der Waals surface area contributed by atoms with E-state index in [1.807, 2.05) is 0 Å². The summed E-state index contributed by atoms with van der Waals surface area (Å²) in [5.74, 6) is -1.14. The molecule has 7 N–H and O–H groups in total. The average Bonchev–Trinajstić information content (AvgIpc) is 2.74. The van der Waals surface area contributed by atoms with Gasteiger partial charge in [-0.05, 0) is 0 Å². The van der Waals surface area contributed by atoms with Crippen molar-refractivity contribution in [2.75, 3.05) is 19.8 Å². The minimum Gasteiger partial charge on any atom is -0.394 e. The van der Waals surface area contributed by atoms with E-state index in [4.69, 9.17) is 18.9 Å². The fourth-order valence-corrected chi connectivity index (χ4v) is 3.64. The number of amides is 2. The molecule has 0 aromatic carbocycles. The number of carbonyl (C=O) groups is 3. The quantitative estimate of drug-likeness (QED) is 0.159. The molecule has 0 bridgehead atoms. The summed E-state index contributed by atoms with van der Waals surface area (Å²) in [5, 5.41) is 55.4. The fourth-order valence-electron chi connectivity index (χ4n) is 3.64. The van der Waals surface area contributed by atoms with E-state index in [9.17, 15) is 39.9 Å². The van der Waals surface area contributed by atoms with Gasteiger partial charge >= 0.3 is 0 Å². The molecule has 14 nitrogen and oxygen atoms in total. The highest BCUT2D eigenvalue weighted by atomic mass is 16.7. The van der Waals surface area contributed by atoms with Gasteiger partial charge in [0, 0.05) is 13.8 Å². The summed E-state index contributed by atoms with van der Waals surface area (Å²) in [6, 6.07) is -2.52. The Hall–Kier alpha value is -1.75. The van der Waals surface area contributed by atoms with E-state index >= 15 is 0 Å². The third-order valence-electron chi connectivity index (χ3n) is 5.09. The molecular formula is C18H30N2O12. The summed E-state index contributed by atoms with van der Waals surface area (Å²) in [6.45, 7) is 0.564. The summed E-state index contributed by atoms with van der Waals surface area (Å²) in [6.07, 6.45) is -10.9. The van der Waals surface area contributed by atoms with Crippen LogP contribution in [0.4, 0.5) is 0 Å². The molecule has 0 aromatic heterocycles. The monoisotopic (exact) mass is 466 g/mol. The second kappa shape index (κ2) is 11.9. The Morgan fingerprint density at radius 3 is 1.91 bits per heavy atom. The smallest absolute Gasteiger partial charge is 0.217 e. The fraction of sp³-hybridized carbons (Fsp3) is 0.833. The van der Waals surface area contributed by atoms with Gasteiger partial charge in [0.2, 0.25) is 11.8 Å². The van der Waals surface area contributed by atoms with Crippen LogP contribution in [0, 0.1) is 0 Å². The van der Waals surface area contributed by atoms with Crippen LogP contribution in [-0.2, 0) is 33.3 Å². The van der Waals surface area contributed by atoms with E-state index < -0.39 is 92.9 Å². The molecule has 2 fully saturated rings. The Morgan fingerprint density at radius 1 is 0.875 bits per heavy atom. The highest BCUT2D eigenvalue weighted by molar-refractivity contribution is 5.73. The van der Waals surface area contributed by atoms with Crippen molar-refractivity contribution in [3.63, 3.8) is 0 Å². The number of hydrogen-bond donors (Lipinski definition) is 7. The van der Waals surface area contributed by atoms with Gasteiger partial charge in [-0.1, -0.05) is 0 Å². The van der Waals surface area contributed by atoms with Crippen molar-refractivity contribution < 1.29 is 58.9 Å². The van der Waals surface area contributed by atoms with Crippen molar-refractivity contribution in [3.05, 3.63) is 0 Å². The first-order chi connectivity index (χ1) is 15.1. The van der Waals surface area contributed by atoms with Crippen molar-refractivity contribution in [1.29, 1.82) is 0 Å². The van der Waals surface area contributed by atoms with Gasteiger partial charge in [0.15, 0.2) is 12.6 Å². The van der Waals surface area contributed by atoms with Crippen LogP contribution in [0.3, 0.4) is 0 Å². The SMILES string of the molecule is CC(=O)NC1C(OC2C(CO)OC(OCC=O)C(NC(C)=O)C2O)OC(CO)C(O)C1O. The molecule has 32 heavy (non-hydrogen) atoms. The highest BCUT2D eigenvalue weighted by Crippen LogP contribution is 2.29. The lowest BCUT2D eigenvalue weighted by atomic mass is 9.94. The first-order valence-electron chi connectivity index (χ1n) is 9.96. The van der Waals surface area contributed by atoms with Crippen molar-refractivity contribution >= 4 is 18.1 Å². The van der Waals surface area contributed by atoms with Gasteiger partial charge in [0.25, 0.3) is 0 Å². The molecular weight excluding hydrogens is 436 g/mol. The lowest BCUT2D eigenvalue weighted by molar-refractivity contribution is -0.331. The topological polar surface area (TPSA) is 213 Å². The largest absolute Gasteiger partial charge is 0.394 e. The summed E-state index contributed by atoms with van der Waals surface area (Å²) in [4.78, 5) is 33.8. The van der Waals surface area contributed by atoms with E-state index in [0.717, 1.165) is 6.92 Å². The van der Waals surface area contributed by atoms with Crippen molar-refractivity contribution in [2.45, 2.75) is 75.1 Å². The second-order valence-corrected chi connectivity index (χ2v) is 7.48. The maximum atomic E-state index is 11.6. The number of aliphatic hydroxyl groups excluding tert-OH is 5. The molecule has 0 radical (unpaired) electrons. The lowest BCUT2D eigenvalue weighted by Gasteiger charge is -2.48. The first-order valence-corrected chi connectivity index (χ1v) is 9.96. The number of carbonyl (C=O) groups excluding carboxylic acids is 3. The van der Waals surface area contributed by atoms with Gasteiger partial charge in [0.05, 0.1) is 13.2 Å². The number of rotatable bonds is 9. The molecule has 184 valence electrons. The molecule has 10 atom stereocenters. The molecule has 2 amide bonds. The van der Waals surface area contributed by atoms with Crippen LogP contribution in [0.1, 0.15) is 13.8 Å². The van der Waals surface area contributed by atoms with E-state index in [0.29, 0.717) is 6.29 Å². The van der Waals surface area contributed by atoms with Crippen LogP contribution >= 0.6 is 0 Å². The zero-order valence-corrected chi connectivity index (χ0v) is 17.6. The molecule has 2 aliphatic rings. The summed E-state index contributed by atoms with van der Waals surface area (Å²) in [5.41, 5.74) is 0. The third kappa shape index (κ3) is 6.18. The van der Waals surface area contributed by atoms with Crippen molar-refractivity contribution in [2.24, 2.45) is 0 Å². The molecule has 10 unspecified atom stereocenters. The molecule has 0 aromatic rings. The molecule has 2 saturated heterocycles. The minimum absolute atomic E-state index is 0.407. The van der Waals surface area contributed by atoms with Gasteiger partial charge in [-0.3, -0.25) is 9.59 Å². The van der Waals surface area contributed by atoms with Crippen LogP contribution in [0.5, 0.6) is 0 Å². The third-order valence-corrected chi connectivity index (χ3v) is 5.09. The molecule has 0 spiro atoms. The highest BCUT2D eigenvalue weighted by Gasteiger charge is 2.51. The molecule has 2 aliphatic heterocycles. The molecule has 0 aliphatic carbocycles. The van der Waals surface area contributed by atoms with Crippen LogP contribution in [-0.4, -0.2) is 125 Å². The normalized spacial score (nSPS) is 39.8. The predicted molar refractivity (Wildman–Crippen MR) is 102 cm³/mol. The van der Waals surface area contributed by atoms with Gasteiger partial charge in [0.1, 0.15) is 61.6 Å². The predicted octanol–water partition coefficient (Wildman–Crippen LogP) is -4.89. The molecule has 2 heterocycles. The second-order valence-electron chi connectivity index (χ2n) is 7.48. The summed E-state index contributed by atoms with van der Waals surface area (Å²) >= 11 is 0. The molecule has 0 saturated carbocycles. The van der Waals surface area contributed by atoms with Crippen molar-refractivity contribution in [1.82, 2.24) is 10.6 Å². The molecule has 2 rings (SSSR count).